The van der Waals surface area contributed by atoms with E-state index in [0.29, 0.717) is 22.8 Å². The average molecular weight is 311 g/mol. The van der Waals surface area contributed by atoms with Gasteiger partial charge in [-0.2, -0.15) is 9.78 Å². The molecule has 1 N–H and O–H groups in total. The predicted molar refractivity (Wildman–Crippen MR) is 82.8 cm³/mol. The van der Waals surface area contributed by atoms with Crippen molar-refractivity contribution in [2.24, 2.45) is 0 Å². The smallest absolute Gasteiger partial charge is 0.229 e. The molecule has 0 bridgehead atoms. The first-order valence-corrected chi connectivity index (χ1v) is 7.40. The van der Waals surface area contributed by atoms with Gasteiger partial charge in [0.2, 0.25) is 5.95 Å². The summed E-state index contributed by atoms with van der Waals surface area (Å²) in [5.74, 6) is 0.648. The van der Waals surface area contributed by atoms with Crippen molar-refractivity contribution in [2.75, 3.05) is 31.1 Å². The molecule has 0 spiro atoms. The number of nitrogens with zero attached hydrogens (tertiary/aromatic N) is 6. The summed E-state index contributed by atoms with van der Waals surface area (Å²) in [6, 6.07) is 4.78. The summed E-state index contributed by atoms with van der Waals surface area (Å²) in [5.41, 5.74) is 0.990. The number of hydrogen-bond acceptors (Lipinski definition) is 6. The number of nitriles is 1. The second-order valence-corrected chi connectivity index (χ2v) is 5.51. The molecular formula is C15H14FN7. The average Bonchev–Trinajstić information content (AvgIpc) is 2.96. The molecular weight excluding hydrogens is 297 g/mol. The third-order valence-electron chi connectivity index (χ3n) is 3.95. The van der Waals surface area contributed by atoms with Crippen molar-refractivity contribution in [2.45, 2.75) is 6.92 Å². The highest BCUT2D eigenvalue weighted by molar-refractivity contribution is 5.93. The molecule has 1 aromatic carbocycles. The summed E-state index contributed by atoms with van der Waals surface area (Å²) in [5, 5.41) is 17.2. The van der Waals surface area contributed by atoms with Gasteiger partial charge in [-0.15, -0.1) is 5.10 Å². The summed E-state index contributed by atoms with van der Waals surface area (Å²) in [6.07, 6.45) is 0. The lowest BCUT2D eigenvalue weighted by atomic mass is 10.1. The fraction of sp³-hybridized carbons (Fsp3) is 0.333. The molecule has 0 atom stereocenters. The van der Waals surface area contributed by atoms with Crippen LogP contribution in [0.25, 0.3) is 16.6 Å². The van der Waals surface area contributed by atoms with Gasteiger partial charge < -0.3 is 10.2 Å². The Morgan fingerprint density at radius 3 is 2.78 bits per heavy atom. The summed E-state index contributed by atoms with van der Waals surface area (Å²) >= 11 is 0. The Balaban J connectivity index is 2.06. The van der Waals surface area contributed by atoms with Crippen molar-refractivity contribution in [3.8, 4) is 6.07 Å². The molecule has 3 heterocycles. The van der Waals surface area contributed by atoms with E-state index in [1.54, 1.807) is 17.5 Å². The number of benzene rings is 1. The van der Waals surface area contributed by atoms with E-state index in [0.717, 1.165) is 26.2 Å². The number of nitrogens with one attached hydrogen (secondary N) is 1. The lowest BCUT2D eigenvalue weighted by Crippen LogP contribution is -2.44. The Hall–Kier alpha value is -2.79. The van der Waals surface area contributed by atoms with Crippen LogP contribution in [0.1, 0.15) is 11.4 Å². The molecule has 2 aromatic heterocycles. The van der Waals surface area contributed by atoms with Gasteiger partial charge in [0, 0.05) is 31.6 Å². The molecule has 0 aliphatic carbocycles. The number of rotatable bonds is 1. The second-order valence-electron chi connectivity index (χ2n) is 5.51. The predicted octanol–water partition coefficient (Wildman–Crippen LogP) is 1.01. The number of fused-ring (bicyclic) bond motifs is 3. The third kappa shape index (κ3) is 2.17. The Labute approximate surface area is 131 Å². The van der Waals surface area contributed by atoms with Crippen LogP contribution in [0.5, 0.6) is 0 Å². The molecule has 0 unspecified atom stereocenters. The zero-order valence-corrected chi connectivity index (χ0v) is 12.5. The maximum Gasteiger partial charge on any atom is 0.229 e. The Morgan fingerprint density at radius 1 is 1.26 bits per heavy atom. The van der Waals surface area contributed by atoms with Gasteiger partial charge in [0.1, 0.15) is 11.3 Å². The van der Waals surface area contributed by atoms with Crippen molar-refractivity contribution in [1.82, 2.24) is 24.9 Å². The highest BCUT2D eigenvalue weighted by Crippen LogP contribution is 2.26. The minimum atomic E-state index is -0.515. The van der Waals surface area contributed by atoms with Crippen LogP contribution in [0.4, 0.5) is 10.3 Å². The molecule has 1 saturated heterocycles. The minimum absolute atomic E-state index is 0.220. The van der Waals surface area contributed by atoms with Crippen molar-refractivity contribution in [3.05, 3.63) is 29.3 Å². The zero-order valence-electron chi connectivity index (χ0n) is 12.5. The normalized spacial score (nSPS) is 15.3. The fourth-order valence-corrected chi connectivity index (χ4v) is 2.89. The third-order valence-corrected chi connectivity index (χ3v) is 3.95. The van der Waals surface area contributed by atoms with E-state index in [1.807, 2.05) is 6.07 Å². The summed E-state index contributed by atoms with van der Waals surface area (Å²) in [6.45, 7) is 5.00. The summed E-state index contributed by atoms with van der Waals surface area (Å²) in [4.78, 5) is 11.0. The van der Waals surface area contributed by atoms with Gasteiger partial charge in [0.25, 0.3) is 0 Å². The quantitative estimate of drug-likeness (QED) is 0.722. The number of piperazine rings is 1. The van der Waals surface area contributed by atoms with Gasteiger partial charge in [0.05, 0.1) is 11.6 Å². The molecule has 0 radical (unpaired) electrons. The van der Waals surface area contributed by atoms with Crippen molar-refractivity contribution >= 4 is 22.5 Å². The highest BCUT2D eigenvalue weighted by Gasteiger charge is 2.21. The molecule has 1 aliphatic heterocycles. The zero-order chi connectivity index (χ0) is 16.0. The Kier molecular flexibility index (Phi) is 3.09. The number of aryl methyl sites for hydroxylation is 1. The van der Waals surface area contributed by atoms with E-state index in [9.17, 15) is 4.39 Å². The van der Waals surface area contributed by atoms with Gasteiger partial charge in [-0.05, 0) is 19.1 Å². The van der Waals surface area contributed by atoms with Crippen LogP contribution in [0.15, 0.2) is 12.1 Å². The number of hydrogen-bond donors (Lipinski definition) is 1. The Bertz CT molecular complexity index is 950. The van der Waals surface area contributed by atoms with Gasteiger partial charge in [0.15, 0.2) is 11.5 Å². The van der Waals surface area contributed by atoms with Crippen LogP contribution in [0.2, 0.25) is 0 Å². The lowest BCUT2D eigenvalue weighted by Gasteiger charge is -2.28. The SMILES string of the molecule is Cc1nc2c3cc(C#N)cc(F)c3nc(N3CCNCC3)n2n1. The van der Waals surface area contributed by atoms with Gasteiger partial charge in [-0.25, -0.2) is 14.4 Å². The molecule has 4 rings (SSSR count). The van der Waals surface area contributed by atoms with Gasteiger partial charge in [-0.3, -0.25) is 0 Å². The summed E-state index contributed by atoms with van der Waals surface area (Å²) < 4.78 is 16.1. The maximum absolute atomic E-state index is 14.4. The van der Waals surface area contributed by atoms with Crippen LogP contribution in [-0.4, -0.2) is 45.8 Å². The van der Waals surface area contributed by atoms with Crippen molar-refractivity contribution in [1.29, 1.82) is 5.26 Å². The molecule has 0 amide bonds. The molecule has 116 valence electrons. The molecule has 1 fully saturated rings. The first-order chi connectivity index (χ1) is 11.2. The minimum Gasteiger partial charge on any atom is -0.338 e. The molecule has 0 saturated carbocycles. The van der Waals surface area contributed by atoms with E-state index < -0.39 is 5.82 Å². The van der Waals surface area contributed by atoms with Gasteiger partial charge >= 0.3 is 0 Å². The monoisotopic (exact) mass is 311 g/mol. The number of aromatic nitrogens is 4. The van der Waals surface area contributed by atoms with E-state index in [2.05, 4.69) is 25.3 Å². The Morgan fingerprint density at radius 2 is 2.04 bits per heavy atom. The standard InChI is InChI=1S/C15H14FN7/c1-9-19-14-11-6-10(8-17)7-12(16)13(11)20-15(23(14)21-9)22-4-2-18-3-5-22/h6-7,18H,2-5H2,1H3. The van der Waals surface area contributed by atoms with Crippen molar-refractivity contribution < 1.29 is 4.39 Å². The van der Waals surface area contributed by atoms with E-state index in [4.69, 9.17) is 5.26 Å². The van der Waals surface area contributed by atoms with Crippen LogP contribution in [0.3, 0.4) is 0 Å². The largest absolute Gasteiger partial charge is 0.338 e. The first-order valence-electron chi connectivity index (χ1n) is 7.40. The van der Waals surface area contributed by atoms with E-state index in [-0.39, 0.29) is 11.1 Å². The van der Waals surface area contributed by atoms with E-state index in [1.165, 1.54) is 6.07 Å². The molecule has 23 heavy (non-hydrogen) atoms. The topological polar surface area (TPSA) is 82.1 Å². The van der Waals surface area contributed by atoms with Gasteiger partial charge in [-0.1, -0.05) is 0 Å². The van der Waals surface area contributed by atoms with Crippen LogP contribution >= 0.6 is 0 Å². The first kappa shape index (κ1) is 13.8. The maximum atomic E-state index is 14.4. The second kappa shape index (κ2) is 5.14. The number of anilines is 1. The summed E-state index contributed by atoms with van der Waals surface area (Å²) in [7, 11) is 0. The van der Waals surface area contributed by atoms with E-state index >= 15 is 0 Å². The fourth-order valence-electron chi connectivity index (χ4n) is 2.89. The molecule has 1 aliphatic rings. The molecule has 8 heteroatoms. The van der Waals surface area contributed by atoms with Crippen LogP contribution in [-0.2, 0) is 0 Å². The van der Waals surface area contributed by atoms with Crippen LogP contribution < -0.4 is 10.2 Å². The molecule has 7 nitrogen and oxygen atoms in total. The van der Waals surface area contributed by atoms with Crippen LogP contribution in [0, 0.1) is 24.1 Å². The highest BCUT2D eigenvalue weighted by atomic mass is 19.1. The van der Waals surface area contributed by atoms with Crippen molar-refractivity contribution in [3.63, 3.8) is 0 Å². The number of halogens is 1. The molecule has 3 aromatic rings. The lowest BCUT2D eigenvalue weighted by molar-refractivity contribution is 0.574.